The Labute approximate surface area is 112 Å². The second-order valence-corrected chi connectivity index (χ2v) is 4.75. The molecule has 1 amide bonds. The van der Waals surface area contributed by atoms with E-state index in [4.69, 9.17) is 21.6 Å². The number of carbonyl (C=O) groups is 1. The summed E-state index contributed by atoms with van der Waals surface area (Å²) in [4.78, 5) is 11.8. The topological polar surface area (TPSA) is 62.1 Å². The molecule has 0 bridgehead atoms. The molecule has 0 spiro atoms. The lowest BCUT2D eigenvalue weighted by Crippen LogP contribution is -2.35. The number of hydrogen-bond donors (Lipinski definition) is 1. The maximum absolute atomic E-state index is 11.8. The molecule has 0 unspecified atom stereocenters. The number of carbonyl (C=O) groups excluding carboxylic acids is 1. The highest BCUT2D eigenvalue weighted by Gasteiger charge is 2.27. The van der Waals surface area contributed by atoms with Crippen molar-refractivity contribution in [3.8, 4) is 11.8 Å². The standard InChI is InChI=1S/C13H15ClN2O2/c1-13(2,8-15)12(17)16-7-9-10(14)5-4-6-11(9)18-3/h4-6H,7H2,1-3H3,(H,16,17). The Balaban J connectivity index is 2.82. The van der Waals surface area contributed by atoms with Gasteiger partial charge in [0.15, 0.2) is 0 Å². The van der Waals surface area contributed by atoms with Crippen LogP contribution in [0.2, 0.25) is 5.02 Å². The third kappa shape index (κ3) is 3.14. The number of ether oxygens (including phenoxy) is 1. The number of nitrogens with zero attached hydrogens (tertiary/aromatic N) is 1. The Hall–Kier alpha value is -1.73. The number of methoxy groups -OCH3 is 1. The van der Waals surface area contributed by atoms with Gasteiger partial charge in [-0.15, -0.1) is 0 Å². The van der Waals surface area contributed by atoms with E-state index in [1.807, 2.05) is 6.07 Å². The SMILES string of the molecule is COc1cccc(Cl)c1CNC(=O)C(C)(C)C#N. The van der Waals surface area contributed by atoms with Crippen molar-refractivity contribution in [3.05, 3.63) is 28.8 Å². The molecular weight excluding hydrogens is 252 g/mol. The molecule has 0 aliphatic rings. The summed E-state index contributed by atoms with van der Waals surface area (Å²) >= 11 is 6.04. The van der Waals surface area contributed by atoms with E-state index in [0.29, 0.717) is 16.3 Å². The molecule has 0 aliphatic heterocycles. The fourth-order valence-electron chi connectivity index (χ4n) is 1.34. The first-order chi connectivity index (χ1) is 8.42. The summed E-state index contributed by atoms with van der Waals surface area (Å²) in [5, 5.41) is 12.1. The number of nitrogens with one attached hydrogen (secondary N) is 1. The van der Waals surface area contributed by atoms with E-state index in [-0.39, 0.29) is 12.5 Å². The molecule has 1 aromatic rings. The molecule has 4 nitrogen and oxygen atoms in total. The minimum absolute atomic E-state index is 0.229. The van der Waals surface area contributed by atoms with E-state index in [9.17, 15) is 4.79 Å². The Bertz CT molecular complexity index is 492. The molecule has 96 valence electrons. The van der Waals surface area contributed by atoms with E-state index < -0.39 is 5.41 Å². The monoisotopic (exact) mass is 266 g/mol. The molecule has 0 saturated carbocycles. The lowest BCUT2D eigenvalue weighted by molar-refractivity contribution is -0.126. The van der Waals surface area contributed by atoms with Crippen LogP contribution in [-0.2, 0) is 11.3 Å². The molecule has 0 saturated heterocycles. The zero-order valence-electron chi connectivity index (χ0n) is 10.6. The summed E-state index contributed by atoms with van der Waals surface area (Å²) in [6.07, 6.45) is 0. The van der Waals surface area contributed by atoms with Crippen LogP contribution in [0.1, 0.15) is 19.4 Å². The molecule has 0 radical (unpaired) electrons. The van der Waals surface area contributed by atoms with Crippen molar-refractivity contribution in [2.75, 3.05) is 7.11 Å². The molecule has 18 heavy (non-hydrogen) atoms. The molecule has 0 fully saturated rings. The molecule has 1 N–H and O–H groups in total. The van der Waals surface area contributed by atoms with Crippen LogP contribution in [-0.4, -0.2) is 13.0 Å². The lowest BCUT2D eigenvalue weighted by atomic mass is 9.94. The van der Waals surface area contributed by atoms with Crippen LogP contribution < -0.4 is 10.1 Å². The molecule has 5 heteroatoms. The quantitative estimate of drug-likeness (QED) is 0.911. The highest BCUT2D eigenvalue weighted by Crippen LogP contribution is 2.26. The van der Waals surface area contributed by atoms with Crippen molar-refractivity contribution in [3.63, 3.8) is 0 Å². The summed E-state index contributed by atoms with van der Waals surface area (Å²) in [5.41, 5.74) is -0.363. The molecule has 1 rings (SSSR count). The first kappa shape index (κ1) is 14.3. The molecule has 0 atom stereocenters. The highest BCUT2D eigenvalue weighted by molar-refractivity contribution is 6.31. The second kappa shape index (κ2) is 5.74. The van der Waals surface area contributed by atoms with Crippen molar-refractivity contribution in [2.45, 2.75) is 20.4 Å². The molecule has 0 aliphatic carbocycles. The zero-order chi connectivity index (χ0) is 13.8. The van der Waals surface area contributed by atoms with Crippen LogP contribution in [0.5, 0.6) is 5.75 Å². The number of hydrogen-bond acceptors (Lipinski definition) is 3. The smallest absolute Gasteiger partial charge is 0.240 e. The van der Waals surface area contributed by atoms with E-state index in [1.54, 1.807) is 32.0 Å². The number of nitriles is 1. The van der Waals surface area contributed by atoms with Crippen LogP contribution in [0.4, 0.5) is 0 Å². The second-order valence-electron chi connectivity index (χ2n) is 4.34. The fraction of sp³-hybridized carbons (Fsp3) is 0.385. The Kier molecular flexibility index (Phi) is 4.57. The van der Waals surface area contributed by atoms with Crippen LogP contribution in [0.15, 0.2) is 18.2 Å². The normalized spacial score (nSPS) is 10.6. The van der Waals surface area contributed by atoms with Gasteiger partial charge in [0.2, 0.25) is 5.91 Å². The first-order valence-electron chi connectivity index (χ1n) is 5.43. The predicted octanol–water partition coefficient (Wildman–Crippen LogP) is 2.51. The van der Waals surface area contributed by atoms with Crippen molar-refractivity contribution in [1.29, 1.82) is 5.26 Å². The third-order valence-electron chi connectivity index (χ3n) is 2.57. The minimum Gasteiger partial charge on any atom is -0.496 e. The summed E-state index contributed by atoms with van der Waals surface area (Å²) in [5.74, 6) is 0.268. The average Bonchev–Trinajstić information content (AvgIpc) is 2.36. The summed E-state index contributed by atoms with van der Waals surface area (Å²) in [6, 6.07) is 7.20. The van der Waals surface area contributed by atoms with E-state index >= 15 is 0 Å². The largest absolute Gasteiger partial charge is 0.496 e. The maximum Gasteiger partial charge on any atom is 0.240 e. The van der Waals surface area contributed by atoms with Crippen molar-refractivity contribution in [1.82, 2.24) is 5.32 Å². The summed E-state index contributed by atoms with van der Waals surface area (Å²) in [6.45, 7) is 3.35. The van der Waals surface area contributed by atoms with Gasteiger partial charge in [-0.1, -0.05) is 17.7 Å². The zero-order valence-corrected chi connectivity index (χ0v) is 11.3. The number of benzene rings is 1. The van der Waals surface area contributed by atoms with Crippen LogP contribution >= 0.6 is 11.6 Å². The molecule has 0 aromatic heterocycles. The van der Waals surface area contributed by atoms with Gasteiger partial charge in [-0.3, -0.25) is 4.79 Å². The van der Waals surface area contributed by atoms with Crippen LogP contribution in [0, 0.1) is 16.7 Å². The molecular formula is C13H15ClN2O2. The van der Waals surface area contributed by atoms with Crippen molar-refractivity contribution in [2.24, 2.45) is 5.41 Å². The Morgan fingerprint density at radius 2 is 2.22 bits per heavy atom. The Morgan fingerprint density at radius 1 is 1.56 bits per heavy atom. The van der Waals surface area contributed by atoms with Crippen molar-refractivity contribution < 1.29 is 9.53 Å². The van der Waals surface area contributed by atoms with Gasteiger partial charge in [-0.05, 0) is 26.0 Å². The summed E-state index contributed by atoms with van der Waals surface area (Å²) < 4.78 is 5.17. The van der Waals surface area contributed by atoms with Crippen LogP contribution in [0.3, 0.4) is 0 Å². The van der Waals surface area contributed by atoms with Gasteiger partial charge < -0.3 is 10.1 Å². The number of halogens is 1. The fourth-order valence-corrected chi connectivity index (χ4v) is 1.57. The van der Waals surface area contributed by atoms with Gasteiger partial charge >= 0.3 is 0 Å². The maximum atomic E-state index is 11.8. The summed E-state index contributed by atoms with van der Waals surface area (Å²) in [7, 11) is 1.54. The van der Waals surface area contributed by atoms with Crippen molar-refractivity contribution >= 4 is 17.5 Å². The number of amides is 1. The predicted molar refractivity (Wildman–Crippen MR) is 69.2 cm³/mol. The molecule has 0 heterocycles. The third-order valence-corrected chi connectivity index (χ3v) is 2.92. The van der Waals surface area contributed by atoms with E-state index in [0.717, 1.165) is 0 Å². The van der Waals surface area contributed by atoms with E-state index in [1.165, 1.54) is 7.11 Å². The highest BCUT2D eigenvalue weighted by atomic mass is 35.5. The first-order valence-corrected chi connectivity index (χ1v) is 5.81. The average molecular weight is 267 g/mol. The lowest BCUT2D eigenvalue weighted by Gasteiger charge is -2.16. The van der Waals surface area contributed by atoms with Gasteiger partial charge in [0.05, 0.1) is 13.2 Å². The van der Waals surface area contributed by atoms with Gasteiger partial charge in [0.1, 0.15) is 11.2 Å². The minimum atomic E-state index is -1.06. The van der Waals surface area contributed by atoms with Gasteiger partial charge in [0, 0.05) is 17.1 Å². The van der Waals surface area contributed by atoms with Crippen LogP contribution in [0.25, 0.3) is 0 Å². The van der Waals surface area contributed by atoms with Gasteiger partial charge in [-0.25, -0.2) is 0 Å². The number of rotatable bonds is 4. The molecule has 1 aromatic carbocycles. The van der Waals surface area contributed by atoms with E-state index in [2.05, 4.69) is 5.32 Å². The van der Waals surface area contributed by atoms with Gasteiger partial charge in [0.25, 0.3) is 0 Å². The van der Waals surface area contributed by atoms with Gasteiger partial charge in [-0.2, -0.15) is 5.26 Å². The Morgan fingerprint density at radius 3 is 2.78 bits per heavy atom.